The molecule has 3 aliphatic carbocycles. The Morgan fingerprint density at radius 1 is 0.638 bits per heavy atom. The van der Waals surface area contributed by atoms with E-state index in [1.165, 1.54) is 49.0 Å². The van der Waals surface area contributed by atoms with Crippen molar-refractivity contribution in [2.24, 2.45) is 21.8 Å². The normalized spacial score (nSPS) is 18.0. The van der Waals surface area contributed by atoms with Gasteiger partial charge in [0.15, 0.2) is 5.84 Å². The second kappa shape index (κ2) is 17.0. The molecule has 282 valence electrons. The third-order valence-corrected chi connectivity index (χ3v) is 12.7. The zero-order chi connectivity index (χ0) is 39.3. The summed E-state index contributed by atoms with van der Waals surface area (Å²) in [5.41, 5.74) is 13.7. The molecule has 58 heavy (non-hydrogen) atoms. The molecule has 2 atom stereocenters. The average Bonchev–Trinajstić information content (AvgIpc) is 3.75. The summed E-state index contributed by atoms with van der Waals surface area (Å²) in [7, 11) is 0. The molecule has 2 nitrogen and oxygen atoms in total. The van der Waals surface area contributed by atoms with Crippen molar-refractivity contribution in [3.8, 4) is 33.4 Å². The first-order valence-corrected chi connectivity index (χ1v) is 21.2. The summed E-state index contributed by atoms with van der Waals surface area (Å²) < 4.78 is 1.26. The van der Waals surface area contributed by atoms with E-state index >= 15 is 0 Å². The summed E-state index contributed by atoms with van der Waals surface area (Å²) >= 11 is 1.78. The Morgan fingerprint density at radius 3 is 2.10 bits per heavy atom. The summed E-state index contributed by atoms with van der Waals surface area (Å²) in [4.78, 5) is 11.8. The van der Waals surface area contributed by atoms with E-state index in [1.54, 1.807) is 11.3 Å². The number of amidine groups is 1. The molecule has 6 aromatic rings. The zero-order valence-corrected chi connectivity index (χ0v) is 33.7. The average molecular weight is 767 g/mol. The fourth-order valence-electron chi connectivity index (χ4n) is 8.42. The number of rotatable bonds is 9. The van der Waals surface area contributed by atoms with Crippen LogP contribution in [0.25, 0.3) is 54.7 Å². The number of thiophene rings is 1. The molecule has 0 aliphatic heterocycles. The highest BCUT2D eigenvalue weighted by Gasteiger charge is 2.27. The van der Waals surface area contributed by atoms with Crippen molar-refractivity contribution in [1.82, 2.24) is 0 Å². The van der Waals surface area contributed by atoms with Gasteiger partial charge in [-0.25, -0.2) is 9.98 Å². The van der Waals surface area contributed by atoms with Crippen LogP contribution in [0.5, 0.6) is 0 Å². The van der Waals surface area contributed by atoms with Crippen LogP contribution < -0.4 is 0 Å². The molecule has 0 saturated carbocycles. The van der Waals surface area contributed by atoms with Gasteiger partial charge in [-0.05, 0) is 124 Å². The predicted molar refractivity (Wildman–Crippen MR) is 251 cm³/mol. The molecule has 0 fully saturated rings. The van der Waals surface area contributed by atoms with Crippen molar-refractivity contribution in [3.05, 3.63) is 216 Å². The number of allylic oxidation sites excluding steroid dienone is 11. The lowest BCUT2D eigenvalue weighted by atomic mass is 9.77. The van der Waals surface area contributed by atoms with Gasteiger partial charge in [0.25, 0.3) is 0 Å². The van der Waals surface area contributed by atoms with Gasteiger partial charge in [0.1, 0.15) is 0 Å². The van der Waals surface area contributed by atoms with Crippen LogP contribution in [0.3, 0.4) is 0 Å². The number of fused-ring (bicyclic) bond motifs is 1. The molecule has 0 bridgehead atoms. The van der Waals surface area contributed by atoms with Crippen LogP contribution in [0.2, 0.25) is 0 Å². The van der Waals surface area contributed by atoms with E-state index in [0.717, 1.165) is 58.8 Å². The van der Waals surface area contributed by atoms with E-state index in [9.17, 15) is 0 Å². The van der Waals surface area contributed by atoms with Crippen LogP contribution in [0, 0.1) is 11.8 Å². The lowest BCUT2D eigenvalue weighted by Crippen LogP contribution is -2.22. The highest BCUT2D eigenvalue weighted by molar-refractivity contribution is 7.20. The Kier molecular flexibility index (Phi) is 10.9. The Labute approximate surface area is 346 Å². The predicted octanol–water partition coefficient (Wildman–Crippen LogP) is 15.1. The molecule has 0 spiro atoms. The van der Waals surface area contributed by atoms with Gasteiger partial charge in [0, 0.05) is 15.2 Å². The molecule has 1 heterocycles. The van der Waals surface area contributed by atoms with Crippen LogP contribution in [0.15, 0.2) is 210 Å². The van der Waals surface area contributed by atoms with Crippen molar-refractivity contribution < 1.29 is 0 Å². The van der Waals surface area contributed by atoms with Gasteiger partial charge in [-0.1, -0.05) is 170 Å². The monoisotopic (exact) mass is 766 g/mol. The zero-order valence-electron chi connectivity index (χ0n) is 32.9. The molecular formula is C55H46N2S. The lowest BCUT2D eigenvalue weighted by molar-refractivity contribution is 0.465. The van der Waals surface area contributed by atoms with Crippen molar-refractivity contribution in [1.29, 1.82) is 0 Å². The lowest BCUT2D eigenvalue weighted by Gasteiger charge is -2.28. The summed E-state index contributed by atoms with van der Waals surface area (Å²) in [5, 5.41) is 1.24. The molecule has 9 rings (SSSR count). The quantitative estimate of drug-likeness (QED) is 0.103. The first-order valence-electron chi connectivity index (χ1n) is 20.4. The van der Waals surface area contributed by atoms with Gasteiger partial charge >= 0.3 is 0 Å². The van der Waals surface area contributed by atoms with E-state index in [0.29, 0.717) is 11.6 Å². The van der Waals surface area contributed by atoms with Crippen molar-refractivity contribution in [2.45, 2.75) is 32.6 Å². The van der Waals surface area contributed by atoms with Crippen LogP contribution in [0.4, 0.5) is 0 Å². The maximum atomic E-state index is 5.33. The highest BCUT2D eigenvalue weighted by atomic mass is 32.1. The van der Waals surface area contributed by atoms with Crippen LogP contribution >= 0.6 is 11.3 Å². The molecular weight excluding hydrogens is 721 g/mol. The molecule has 0 N–H and O–H groups in total. The standard InChI is InChI=1S/C55H46N2S/c1-38(56-55(49-29-17-16-28-48(49)42-19-7-3-8-20-42)57-39(2)53-37-46-27-15-18-30-52(46)58-53)40-31-33-41(34-32-40)47-35-50(43-21-9-4-10-22-43)54(45-25-13-6-14-26-45)51(36-47)44-23-11-5-12-24-44/h3-11,13-19,21-23,25-27,29-37,42,48H,1,12,20,24,28H2,2H3. The number of hydrogen-bond donors (Lipinski definition) is 0. The first kappa shape index (κ1) is 37.2. The van der Waals surface area contributed by atoms with Crippen molar-refractivity contribution in [2.75, 3.05) is 0 Å². The smallest absolute Gasteiger partial charge is 0.156 e. The Bertz CT molecular complexity index is 2700. The summed E-state index contributed by atoms with van der Waals surface area (Å²) in [6.45, 7) is 6.66. The number of benzene rings is 5. The fourth-order valence-corrected chi connectivity index (χ4v) is 9.42. The number of nitrogens with zero attached hydrogens (tertiary/aromatic N) is 2. The minimum atomic E-state index is 0.278. The van der Waals surface area contributed by atoms with Gasteiger partial charge < -0.3 is 0 Å². The fraction of sp³-hybridized carbons (Fsp3) is 0.127. The molecule has 0 amide bonds. The Morgan fingerprint density at radius 2 is 1.36 bits per heavy atom. The SMILES string of the molecule is C=C(N=C(N=C(C)c1cc2ccccc2s1)C1=CC=CCC1C1C=CC=CC1)c1ccc(-c2cc(C3=CC=CCC3)c(-c3ccccc3)c(-c3ccccc3)c2)cc1. The minimum absolute atomic E-state index is 0.278. The third kappa shape index (κ3) is 7.92. The van der Waals surface area contributed by atoms with Crippen LogP contribution in [-0.4, -0.2) is 11.5 Å². The molecule has 1 aromatic heterocycles. The van der Waals surface area contributed by atoms with E-state index in [4.69, 9.17) is 9.98 Å². The molecule has 0 radical (unpaired) electrons. The van der Waals surface area contributed by atoms with Gasteiger partial charge in [-0.15, -0.1) is 11.3 Å². The molecule has 3 heteroatoms. The third-order valence-electron chi connectivity index (χ3n) is 11.5. The van der Waals surface area contributed by atoms with Crippen LogP contribution in [-0.2, 0) is 0 Å². The number of aliphatic imine (C=N–C) groups is 2. The minimum Gasteiger partial charge on any atom is -0.232 e. The van der Waals surface area contributed by atoms with Gasteiger partial charge in [-0.2, -0.15) is 0 Å². The Hall–Kier alpha value is -6.42. The highest BCUT2D eigenvalue weighted by Crippen LogP contribution is 2.43. The second-order valence-corrected chi connectivity index (χ2v) is 16.3. The summed E-state index contributed by atoms with van der Waals surface area (Å²) in [6, 6.07) is 45.9. The van der Waals surface area contributed by atoms with Crippen molar-refractivity contribution in [3.63, 3.8) is 0 Å². The van der Waals surface area contributed by atoms with Crippen LogP contribution in [0.1, 0.15) is 48.6 Å². The van der Waals surface area contributed by atoms with E-state index in [2.05, 4.69) is 202 Å². The number of hydrogen-bond acceptors (Lipinski definition) is 2. The molecule has 3 aliphatic rings. The van der Waals surface area contributed by atoms with Gasteiger partial charge in [0.05, 0.1) is 11.4 Å². The maximum Gasteiger partial charge on any atom is 0.156 e. The molecule has 2 unspecified atom stereocenters. The van der Waals surface area contributed by atoms with E-state index < -0.39 is 0 Å². The first-order chi connectivity index (χ1) is 28.6. The summed E-state index contributed by atoms with van der Waals surface area (Å²) in [5.74, 6) is 1.41. The van der Waals surface area contributed by atoms with E-state index in [1.807, 2.05) is 0 Å². The maximum absolute atomic E-state index is 5.33. The van der Waals surface area contributed by atoms with Crippen molar-refractivity contribution >= 4 is 44.2 Å². The van der Waals surface area contributed by atoms with Gasteiger partial charge in [0.2, 0.25) is 0 Å². The Balaban J connectivity index is 1.11. The largest absolute Gasteiger partial charge is 0.232 e. The van der Waals surface area contributed by atoms with E-state index in [-0.39, 0.29) is 5.92 Å². The van der Waals surface area contributed by atoms with Gasteiger partial charge in [-0.3, -0.25) is 0 Å². The second-order valence-electron chi connectivity index (χ2n) is 15.2. The summed E-state index contributed by atoms with van der Waals surface area (Å²) in [6.07, 6.45) is 26.4. The topological polar surface area (TPSA) is 24.7 Å². The molecule has 5 aromatic carbocycles. The molecule has 0 saturated heterocycles.